The standard InChI is InChI=1S/C21H20F4N4O3S/c1-3-28(4-2)33(31,32)19-12-14(6-8-16(19)22)20(30)27-17-13-15(21(23,24)25)7-9-18(17)29-11-5-10-26-29/h5-13H,3-4H2,1-2H3,(H,27,30). The van der Waals surface area contributed by atoms with E-state index >= 15 is 0 Å². The van der Waals surface area contributed by atoms with Crippen LogP contribution < -0.4 is 5.32 Å². The van der Waals surface area contributed by atoms with Gasteiger partial charge in [-0.2, -0.15) is 22.6 Å². The van der Waals surface area contributed by atoms with Crippen molar-refractivity contribution in [1.82, 2.24) is 14.1 Å². The van der Waals surface area contributed by atoms with E-state index in [-0.39, 0.29) is 30.0 Å². The molecule has 1 aromatic heterocycles. The van der Waals surface area contributed by atoms with E-state index in [1.807, 2.05) is 0 Å². The van der Waals surface area contributed by atoms with E-state index in [0.29, 0.717) is 0 Å². The van der Waals surface area contributed by atoms with Gasteiger partial charge in [0.2, 0.25) is 10.0 Å². The van der Waals surface area contributed by atoms with Crippen molar-refractivity contribution in [3.05, 3.63) is 71.8 Å². The second-order valence-electron chi connectivity index (χ2n) is 6.87. The molecule has 176 valence electrons. The van der Waals surface area contributed by atoms with E-state index in [1.54, 1.807) is 19.9 Å². The summed E-state index contributed by atoms with van der Waals surface area (Å²) < 4.78 is 81.8. The number of nitrogens with one attached hydrogen (secondary N) is 1. The van der Waals surface area contributed by atoms with Gasteiger partial charge in [-0.15, -0.1) is 0 Å². The van der Waals surface area contributed by atoms with Crippen LogP contribution in [-0.2, 0) is 16.2 Å². The highest BCUT2D eigenvalue weighted by atomic mass is 32.2. The molecule has 1 N–H and O–H groups in total. The Balaban J connectivity index is 2.03. The molecule has 3 aromatic rings. The van der Waals surface area contributed by atoms with E-state index in [2.05, 4.69) is 10.4 Å². The summed E-state index contributed by atoms with van der Waals surface area (Å²) in [6.07, 6.45) is -1.78. The maximum absolute atomic E-state index is 14.3. The van der Waals surface area contributed by atoms with Crippen LogP contribution in [0.25, 0.3) is 5.69 Å². The van der Waals surface area contributed by atoms with Crippen LogP contribution in [0.2, 0.25) is 0 Å². The van der Waals surface area contributed by atoms with Crippen molar-refractivity contribution in [2.75, 3.05) is 18.4 Å². The highest BCUT2D eigenvalue weighted by Crippen LogP contribution is 2.33. The van der Waals surface area contributed by atoms with Crippen molar-refractivity contribution in [3.63, 3.8) is 0 Å². The molecule has 0 saturated carbocycles. The molecule has 0 aliphatic heterocycles. The topological polar surface area (TPSA) is 84.3 Å². The molecule has 0 aliphatic carbocycles. The van der Waals surface area contributed by atoms with Gasteiger partial charge in [0, 0.05) is 31.0 Å². The van der Waals surface area contributed by atoms with Gasteiger partial charge in [0.1, 0.15) is 10.7 Å². The van der Waals surface area contributed by atoms with Crippen molar-refractivity contribution < 1.29 is 30.8 Å². The minimum Gasteiger partial charge on any atom is -0.320 e. The van der Waals surface area contributed by atoms with Gasteiger partial charge in [-0.25, -0.2) is 17.5 Å². The molecule has 3 rings (SSSR count). The van der Waals surface area contributed by atoms with Crippen LogP contribution in [-0.4, -0.2) is 41.5 Å². The molecule has 1 amide bonds. The zero-order valence-corrected chi connectivity index (χ0v) is 18.4. The number of rotatable bonds is 7. The smallest absolute Gasteiger partial charge is 0.320 e. The van der Waals surface area contributed by atoms with Crippen molar-refractivity contribution >= 4 is 21.6 Å². The van der Waals surface area contributed by atoms with E-state index in [0.717, 1.165) is 40.7 Å². The fourth-order valence-corrected chi connectivity index (χ4v) is 4.71. The Hall–Kier alpha value is -3.25. The number of hydrogen-bond acceptors (Lipinski definition) is 4. The lowest BCUT2D eigenvalue weighted by molar-refractivity contribution is -0.137. The second-order valence-corrected chi connectivity index (χ2v) is 8.78. The number of amides is 1. The molecule has 7 nitrogen and oxygen atoms in total. The Kier molecular flexibility index (Phi) is 6.89. The van der Waals surface area contributed by atoms with Crippen LogP contribution in [0.5, 0.6) is 0 Å². The molecular weight excluding hydrogens is 464 g/mol. The van der Waals surface area contributed by atoms with Crippen molar-refractivity contribution in [2.45, 2.75) is 24.9 Å². The summed E-state index contributed by atoms with van der Waals surface area (Å²) in [7, 11) is -4.21. The fourth-order valence-electron chi connectivity index (χ4n) is 3.16. The quantitative estimate of drug-likeness (QED) is 0.507. The number of carbonyl (C=O) groups is 1. The zero-order chi connectivity index (χ0) is 24.4. The van der Waals surface area contributed by atoms with Crippen LogP contribution >= 0.6 is 0 Å². The maximum atomic E-state index is 14.3. The lowest BCUT2D eigenvalue weighted by Crippen LogP contribution is -2.31. The summed E-state index contributed by atoms with van der Waals surface area (Å²) in [6.45, 7) is 3.35. The van der Waals surface area contributed by atoms with Gasteiger partial charge in [-0.1, -0.05) is 13.8 Å². The van der Waals surface area contributed by atoms with Gasteiger partial charge in [-0.3, -0.25) is 4.79 Å². The molecule has 2 aromatic carbocycles. The Bertz CT molecular complexity index is 1260. The molecule has 0 unspecified atom stereocenters. The van der Waals surface area contributed by atoms with Gasteiger partial charge in [0.05, 0.1) is 16.9 Å². The minimum atomic E-state index is -4.66. The minimum absolute atomic E-state index is 0.0894. The van der Waals surface area contributed by atoms with Gasteiger partial charge >= 0.3 is 6.18 Å². The highest BCUT2D eigenvalue weighted by Gasteiger charge is 2.32. The van der Waals surface area contributed by atoms with E-state index in [1.165, 1.54) is 17.1 Å². The lowest BCUT2D eigenvalue weighted by Gasteiger charge is -2.19. The Morgan fingerprint density at radius 2 is 1.82 bits per heavy atom. The van der Waals surface area contributed by atoms with Crippen molar-refractivity contribution in [2.24, 2.45) is 0 Å². The monoisotopic (exact) mass is 484 g/mol. The summed E-state index contributed by atoms with van der Waals surface area (Å²) in [6, 6.07) is 7.02. The first-order chi connectivity index (χ1) is 15.5. The highest BCUT2D eigenvalue weighted by molar-refractivity contribution is 7.89. The summed E-state index contributed by atoms with van der Waals surface area (Å²) in [4.78, 5) is 12.1. The zero-order valence-electron chi connectivity index (χ0n) is 17.6. The van der Waals surface area contributed by atoms with Crippen LogP contribution in [0.1, 0.15) is 29.8 Å². The van der Waals surface area contributed by atoms with Crippen molar-refractivity contribution in [3.8, 4) is 5.69 Å². The Morgan fingerprint density at radius 3 is 2.39 bits per heavy atom. The van der Waals surface area contributed by atoms with Crippen LogP contribution in [0.3, 0.4) is 0 Å². The number of nitrogens with zero attached hydrogens (tertiary/aromatic N) is 3. The predicted octanol–water partition coefficient (Wildman–Crippen LogP) is 4.31. The summed E-state index contributed by atoms with van der Waals surface area (Å²) in [5.41, 5.74) is -1.31. The predicted molar refractivity (Wildman–Crippen MR) is 113 cm³/mol. The molecule has 0 bridgehead atoms. The van der Waals surface area contributed by atoms with Crippen LogP contribution in [0.4, 0.5) is 23.2 Å². The number of halogens is 4. The second kappa shape index (κ2) is 9.32. The molecular formula is C21H20F4N4O3S. The van der Waals surface area contributed by atoms with Gasteiger partial charge < -0.3 is 5.32 Å². The number of alkyl halides is 3. The van der Waals surface area contributed by atoms with Crippen LogP contribution in [0.15, 0.2) is 59.8 Å². The van der Waals surface area contributed by atoms with Crippen LogP contribution in [0, 0.1) is 5.82 Å². The summed E-state index contributed by atoms with van der Waals surface area (Å²) >= 11 is 0. The van der Waals surface area contributed by atoms with Gasteiger partial charge in [0.15, 0.2) is 0 Å². The molecule has 0 saturated heterocycles. The third-order valence-corrected chi connectivity index (χ3v) is 6.90. The molecule has 0 fully saturated rings. The molecule has 12 heteroatoms. The summed E-state index contributed by atoms with van der Waals surface area (Å²) in [5.74, 6) is -1.96. The van der Waals surface area contributed by atoms with Gasteiger partial charge in [-0.05, 0) is 42.5 Å². The fraction of sp³-hybridized carbons (Fsp3) is 0.238. The largest absolute Gasteiger partial charge is 0.416 e. The lowest BCUT2D eigenvalue weighted by atomic mass is 10.1. The number of hydrogen-bond donors (Lipinski definition) is 1. The molecule has 0 radical (unpaired) electrons. The summed E-state index contributed by atoms with van der Waals surface area (Å²) in [5, 5.41) is 6.32. The number of aromatic nitrogens is 2. The van der Waals surface area contributed by atoms with Gasteiger partial charge in [0.25, 0.3) is 5.91 Å². The average molecular weight is 484 g/mol. The third kappa shape index (κ3) is 5.06. The number of carbonyl (C=O) groups excluding carboxylic acids is 1. The molecule has 0 spiro atoms. The maximum Gasteiger partial charge on any atom is 0.416 e. The van der Waals surface area contributed by atoms with E-state index in [4.69, 9.17) is 0 Å². The van der Waals surface area contributed by atoms with E-state index < -0.39 is 38.4 Å². The molecule has 0 aliphatic rings. The first-order valence-corrected chi connectivity index (χ1v) is 11.2. The normalized spacial score (nSPS) is 12.2. The average Bonchev–Trinajstić information content (AvgIpc) is 3.28. The SMILES string of the molecule is CCN(CC)S(=O)(=O)c1cc(C(=O)Nc2cc(C(F)(F)F)ccc2-n2cccn2)ccc1F. The Labute approximate surface area is 187 Å². The molecule has 33 heavy (non-hydrogen) atoms. The Morgan fingerprint density at radius 1 is 1.12 bits per heavy atom. The number of benzene rings is 2. The molecule has 0 atom stereocenters. The first kappa shape index (κ1) is 24.4. The third-order valence-electron chi connectivity index (χ3n) is 4.84. The molecule has 1 heterocycles. The number of anilines is 1. The number of sulfonamides is 1. The van der Waals surface area contributed by atoms with E-state index in [9.17, 15) is 30.8 Å². The first-order valence-electron chi connectivity index (χ1n) is 9.81. The van der Waals surface area contributed by atoms with Crippen molar-refractivity contribution in [1.29, 1.82) is 0 Å².